The maximum Gasteiger partial charge on any atom is 0.383 e. The molecule has 1 aliphatic rings. The van der Waals surface area contributed by atoms with Crippen LogP contribution in [0.2, 0.25) is 0 Å². The van der Waals surface area contributed by atoms with Gasteiger partial charge in [0.2, 0.25) is 0 Å². The van der Waals surface area contributed by atoms with Gasteiger partial charge in [0.1, 0.15) is 0 Å². The number of carbonyl (C=O) groups is 1. The van der Waals surface area contributed by atoms with Gasteiger partial charge < -0.3 is 0 Å². The summed E-state index contributed by atoms with van der Waals surface area (Å²) < 4.78 is 0. The van der Waals surface area contributed by atoms with Crippen molar-refractivity contribution in [2.24, 2.45) is 0 Å². The molecule has 21 heavy (non-hydrogen) atoms. The minimum atomic E-state index is -2.38. The van der Waals surface area contributed by atoms with E-state index in [1.54, 1.807) is 30.3 Å². The molecule has 0 saturated heterocycles. The van der Waals surface area contributed by atoms with Crippen LogP contribution in [0.4, 0.5) is 0 Å². The Morgan fingerprint density at radius 3 is 2.33 bits per heavy atom. The number of carbonyl (C=O) groups excluding carboxylic acids is 1. The summed E-state index contributed by atoms with van der Waals surface area (Å²) in [7, 11) is 0. The van der Waals surface area contributed by atoms with Crippen LogP contribution in [0.1, 0.15) is 10.4 Å². The molecule has 108 valence electrons. The molecule has 1 aliphatic carbocycles. The van der Waals surface area contributed by atoms with Gasteiger partial charge >= 0.3 is 11.0 Å². The number of rotatable bonds is 4. The molecule has 2 rings (SSSR count). The second-order valence-electron chi connectivity index (χ2n) is 4.37. The summed E-state index contributed by atoms with van der Waals surface area (Å²) >= 11 is 5.70. The largest absolute Gasteiger partial charge is 0.383 e. The highest BCUT2D eigenvalue weighted by molar-refractivity contribution is 6.25. The average Bonchev–Trinajstić information content (AvgIpc) is 2.47. The van der Waals surface area contributed by atoms with Gasteiger partial charge in [-0.15, -0.1) is 0 Å². The first-order valence-electron chi connectivity index (χ1n) is 5.84. The summed E-state index contributed by atoms with van der Waals surface area (Å²) in [4.78, 5) is 29.9. The lowest BCUT2D eigenvalue weighted by Crippen LogP contribution is -2.47. The molecule has 0 bridgehead atoms. The fourth-order valence-electron chi connectivity index (χ4n) is 1.93. The lowest BCUT2D eigenvalue weighted by atomic mass is 9.93. The molecule has 0 heterocycles. The smallest absolute Gasteiger partial charge is 0.289 e. The first kappa shape index (κ1) is 14.9. The predicted octanol–water partition coefficient (Wildman–Crippen LogP) is 2.22. The number of nitro groups is 2. The zero-order valence-electron chi connectivity index (χ0n) is 10.5. The van der Waals surface area contributed by atoms with E-state index in [2.05, 4.69) is 0 Å². The van der Waals surface area contributed by atoms with E-state index in [-0.39, 0.29) is 5.57 Å². The molecule has 1 aromatic carbocycles. The van der Waals surface area contributed by atoms with Crippen LogP contribution in [0.25, 0.3) is 0 Å². The van der Waals surface area contributed by atoms with Crippen LogP contribution in [0, 0.1) is 20.2 Å². The summed E-state index contributed by atoms with van der Waals surface area (Å²) in [6.45, 7) is 0. The van der Waals surface area contributed by atoms with Gasteiger partial charge in [-0.1, -0.05) is 30.3 Å². The molecule has 1 aromatic rings. The fourth-order valence-corrected chi connectivity index (χ4v) is 2.14. The Hall–Kier alpha value is -2.54. The van der Waals surface area contributed by atoms with Gasteiger partial charge in [0.25, 0.3) is 0 Å². The minimum absolute atomic E-state index is 0.000949. The van der Waals surface area contributed by atoms with Crippen molar-refractivity contribution in [2.75, 3.05) is 0 Å². The van der Waals surface area contributed by atoms with Gasteiger partial charge in [-0.3, -0.25) is 25.0 Å². The number of allylic oxidation sites excluding steroid dienone is 2. The Kier molecular flexibility index (Phi) is 3.86. The number of halogens is 1. The molecule has 2 atom stereocenters. The lowest BCUT2D eigenvalue weighted by molar-refractivity contribution is -0.613. The maximum atomic E-state index is 12.2. The van der Waals surface area contributed by atoms with Crippen molar-refractivity contribution in [1.29, 1.82) is 0 Å². The molecule has 0 amide bonds. The molecular weight excluding hydrogens is 300 g/mol. The van der Waals surface area contributed by atoms with Crippen molar-refractivity contribution >= 4 is 17.4 Å². The van der Waals surface area contributed by atoms with E-state index in [1.807, 2.05) is 0 Å². The number of nitrogens with zero attached hydrogens (tertiary/aromatic N) is 2. The van der Waals surface area contributed by atoms with E-state index in [0.717, 1.165) is 18.2 Å². The predicted molar refractivity (Wildman–Crippen MR) is 74.4 cm³/mol. The van der Waals surface area contributed by atoms with Crippen LogP contribution in [-0.4, -0.2) is 26.7 Å². The van der Waals surface area contributed by atoms with E-state index >= 15 is 0 Å². The molecule has 0 saturated carbocycles. The number of benzene rings is 1. The lowest BCUT2D eigenvalue weighted by Gasteiger charge is -2.20. The standard InChI is InChI=1S/C13H9ClN2O5/c14-13(16(20)21)7-6-10(8-11(13)15(18)19)12(17)9-4-2-1-3-5-9/h1-8,11H. The zero-order valence-corrected chi connectivity index (χ0v) is 11.3. The third-order valence-corrected chi connectivity index (χ3v) is 3.54. The third kappa shape index (κ3) is 2.68. The topological polar surface area (TPSA) is 103 Å². The summed E-state index contributed by atoms with van der Waals surface area (Å²) in [5.74, 6) is -0.458. The van der Waals surface area contributed by atoms with Crippen LogP contribution in [-0.2, 0) is 0 Å². The van der Waals surface area contributed by atoms with Gasteiger partial charge in [0.15, 0.2) is 5.78 Å². The number of Topliss-reactive ketones (excluding diaryl/α,β-unsaturated/α-hetero) is 1. The quantitative estimate of drug-likeness (QED) is 0.279. The Labute approximate surface area is 123 Å². The van der Waals surface area contributed by atoms with Crippen LogP contribution < -0.4 is 0 Å². The minimum Gasteiger partial charge on any atom is -0.289 e. The van der Waals surface area contributed by atoms with E-state index in [0.29, 0.717) is 5.56 Å². The van der Waals surface area contributed by atoms with Crippen LogP contribution >= 0.6 is 11.6 Å². The second kappa shape index (κ2) is 5.45. The van der Waals surface area contributed by atoms with E-state index in [4.69, 9.17) is 11.6 Å². The molecule has 0 N–H and O–H groups in total. The maximum absolute atomic E-state index is 12.2. The van der Waals surface area contributed by atoms with Crippen molar-refractivity contribution in [1.82, 2.24) is 0 Å². The van der Waals surface area contributed by atoms with Gasteiger partial charge in [-0.2, -0.15) is 0 Å². The SMILES string of the molecule is O=C(C1=CC([N+](=O)[O-])C(Cl)([N+](=O)[O-])C=C1)c1ccccc1. The monoisotopic (exact) mass is 308 g/mol. The van der Waals surface area contributed by atoms with Crippen molar-refractivity contribution < 1.29 is 14.6 Å². The highest BCUT2D eigenvalue weighted by Crippen LogP contribution is 2.31. The van der Waals surface area contributed by atoms with Gasteiger partial charge in [0, 0.05) is 28.2 Å². The van der Waals surface area contributed by atoms with Crippen molar-refractivity contribution in [2.45, 2.75) is 11.0 Å². The third-order valence-electron chi connectivity index (χ3n) is 3.05. The van der Waals surface area contributed by atoms with E-state index in [9.17, 15) is 25.0 Å². The van der Waals surface area contributed by atoms with Crippen LogP contribution in [0.3, 0.4) is 0 Å². The average molecular weight is 309 g/mol. The Balaban J connectivity index is 2.40. The van der Waals surface area contributed by atoms with E-state index < -0.39 is 26.7 Å². The molecule has 0 fully saturated rings. The molecule has 0 radical (unpaired) electrons. The Morgan fingerprint density at radius 1 is 1.19 bits per heavy atom. The van der Waals surface area contributed by atoms with Crippen LogP contribution in [0.15, 0.2) is 54.1 Å². The Bertz CT molecular complexity index is 670. The number of hydrogen-bond donors (Lipinski definition) is 0. The first-order chi connectivity index (χ1) is 9.86. The van der Waals surface area contributed by atoms with Gasteiger partial charge in [-0.25, -0.2) is 0 Å². The summed E-state index contributed by atoms with van der Waals surface area (Å²) in [6, 6.07) is 6.30. The summed E-state index contributed by atoms with van der Waals surface area (Å²) in [5.41, 5.74) is 0.333. The van der Waals surface area contributed by atoms with Gasteiger partial charge in [-0.05, 0) is 17.7 Å². The molecular formula is C13H9ClN2O5. The summed E-state index contributed by atoms with van der Waals surface area (Å²) in [5, 5.41) is 21.9. The molecule has 0 aromatic heterocycles. The highest BCUT2D eigenvalue weighted by Gasteiger charge is 2.55. The number of alkyl halides is 1. The normalized spacial score (nSPS) is 24.2. The number of ketones is 1. The highest BCUT2D eigenvalue weighted by atomic mass is 35.5. The first-order valence-corrected chi connectivity index (χ1v) is 6.22. The second-order valence-corrected chi connectivity index (χ2v) is 4.97. The fraction of sp³-hybridized carbons (Fsp3) is 0.154. The molecule has 8 heteroatoms. The van der Waals surface area contributed by atoms with Crippen LogP contribution in [0.5, 0.6) is 0 Å². The molecule has 2 unspecified atom stereocenters. The summed E-state index contributed by atoms with van der Waals surface area (Å²) in [6.07, 6.45) is 2.94. The molecule has 0 spiro atoms. The van der Waals surface area contributed by atoms with E-state index in [1.165, 1.54) is 0 Å². The van der Waals surface area contributed by atoms with Crippen molar-refractivity contribution in [3.8, 4) is 0 Å². The van der Waals surface area contributed by atoms with Crippen molar-refractivity contribution in [3.05, 3.63) is 79.9 Å². The molecule has 7 nitrogen and oxygen atoms in total. The van der Waals surface area contributed by atoms with Gasteiger partial charge in [0.05, 0.1) is 4.92 Å². The molecule has 0 aliphatic heterocycles. The zero-order chi connectivity index (χ0) is 15.6. The van der Waals surface area contributed by atoms with Crippen molar-refractivity contribution in [3.63, 3.8) is 0 Å². The Morgan fingerprint density at radius 2 is 1.81 bits per heavy atom. The number of hydrogen-bond acceptors (Lipinski definition) is 5.